The smallest absolute Gasteiger partial charge is 0.326 e. The van der Waals surface area contributed by atoms with Crippen molar-refractivity contribution >= 4 is 34.5 Å². The number of aromatic nitrogens is 1. The molecule has 4 N–H and O–H groups in total. The van der Waals surface area contributed by atoms with Crippen LogP contribution in [0.5, 0.6) is 0 Å². The zero-order valence-electron chi connectivity index (χ0n) is 21.2. The molecule has 0 aliphatic heterocycles. The van der Waals surface area contributed by atoms with Crippen molar-refractivity contribution in [1.29, 1.82) is 0 Å². The van der Waals surface area contributed by atoms with E-state index in [-0.39, 0.29) is 5.91 Å². The van der Waals surface area contributed by atoms with Crippen LogP contribution in [0, 0.1) is 6.92 Å². The zero-order chi connectivity index (χ0) is 26.2. The summed E-state index contributed by atoms with van der Waals surface area (Å²) in [6.45, 7) is 3.50. The fraction of sp³-hybridized carbons (Fsp3) is 0.267. The van der Waals surface area contributed by atoms with E-state index in [4.69, 9.17) is 0 Å². The Morgan fingerprint density at radius 3 is 2.59 bits per heavy atom. The lowest BCUT2D eigenvalue weighted by Crippen LogP contribution is -2.41. The highest BCUT2D eigenvalue weighted by atomic mass is 32.2. The molecule has 0 aliphatic rings. The van der Waals surface area contributed by atoms with E-state index >= 15 is 0 Å². The SMILES string of the molecule is CSCC[C@H](NC(=O)c1ccc(CNCCc2c[nH]c3ccccc23)cc1-c1ccccc1C)C(=O)O. The Morgan fingerprint density at radius 2 is 1.81 bits per heavy atom. The second-order valence-electron chi connectivity index (χ2n) is 9.13. The quantitative estimate of drug-likeness (QED) is 0.189. The zero-order valence-corrected chi connectivity index (χ0v) is 22.0. The van der Waals surface area contributed by atoms with E-state index in [0.29, 0.717) is 24.3 Å². The molecule has 0 saturated heterocycles. The Balaban J connectivity index is 1.50. The van der Waals surface area contributed by atoms with E-state index in [2.05, 4.69) is 40.0 Å². The number of benzene rings is 3. The number of hydrogen-bond donors (Lipinski definition) is 4. The van der Waals surface area contributed by atoms with Crippen LogP contribution >= 0.6 is 11.8 Å². The van der Waals surface area contributed by atoms with Gasteiger partial charge in [-0.05, 0) is 84.3 Å². The van der Waals surface area contributed by atoms with Gasteiger partial charge in [-0.1, -0.05) is 48.5 Å². The van der Waals surface area contributed by atoms with Crippen molar-refractivity contribution in [2.45, 2.75) is 32.4 Å². The third-order valence-electron chi connectivity index (χ3n) is 6.55. The molecule has 4 aromatic rings. The Hall–Kier alpha value is -3.55. The molecule has 0 unspecified atom stereocenters. The van der Waals surface area contributed by atoms with Crippen molar-refractivity contribution < 1.29 is 14.7 Å². The Labute approximate surface area is 221 Å². The summed E-state index contributed by atoms with van der Waals surface area (Å²) >= 11 is 1.56. The van der Waals surface area contributed by atoms with E-state index in [1.807, 2.05) is 55.6 Å². The number of H-pyrrole nitrogens is 1. The molecule has 0 bridgehead atoms. The van der Waals surface area contributed by atoms with Gasteiger partial charge in [-0.15, -0.1) is 0 Å². The van der Waals surface area contributed by atoms with Gasteiger partial charge < -0.3 is 20.7 Å². The molecule has 4 rings (SSSR count). The van der Waals surface area contributed by atoms with Crippen LogP contribution in [-0.4, -0.2) is 46.6 Å². The molecule has 7 heteroatoms. The first-order valence-corrected chi connectivity index (χ1v) is 13.8. The van der Waals surface area contributed by atoms with E-state index in [9.17, 15) is 14.7 Å². The van der Waals surface area contributed by atoms with Crippen molar-refractivity contribution in [3.05, 3.63) is 95.2 Å². The van der Waals surface area contributed by atoms with Gasteiger partial charge in [0.15, 0.2) is 0 Å². The standard InChI is InChI=1S/C30H33N3O3S/c1-20-7-3-4-8-23(20)26-17-21(11-12-25(26)29(34)33-28(30(35)36)14-16-37-2)18-31-15-13-22-19-32-27-10-6-5-9-24(22)27/h3-12,17,19,28,31-32H,13-16,18H2,1-2H3,(H,33,34)(H,35,36)/t28-/m0/s1. The number of rotatable bonds is 12. The molecule has 1 atom stereocenters. The van der Waals surface area contributed by atoms with Gasteiger partial charge >= 0.3 is 5.97 Å². The summed E-state index contributed by atoms with van der Waals surface area (Å²) in [5, 5.41) is 17.1. The van der Waals surface area contributed by atoms with Gasteiger partial charge in [0, 0.05) is 29.2 Å². The fourth-order valence-corrected chi connectivity index (χ4v) is 4.99. The number of hydrogen-bond acceptors (Lipinski definition) is 4. The molecule has 0 saturated carbocycles. The first-order valence-electron chi connectivity index (χ1n) is 12.4. The summed E-state index contributed by atoms with van der Waals surface area (Å²) < 4.78 is 0. The van der Waals surface area contributed by atoms with Gasteiger partial charge in [0.2, 0.25) is 0 Å². The summed E-state index contributed by atoms with van der Waals surface area (Å²) in [6.07, 6.45) is 5.27. The third kappa shape index (κ3) is 6.61. The van der Waals surface area contributed by atoms with Crippen LogP contribution in [0.3, 0.4) is 0 Å². The van der Waals surface area contributed by atoms with Crippen LogP contribution in [0.15, 0.2) is 72.9 Å². The summed E-state index contributed by atoms with van der Waals surface area (Å²) in [5.41, 5.74) is 6.79. The number of carboxylic acid groups (broad SMARTS) is 1. The lowest BCUT2D eigenvalue weighted by atomic mass is 9.93. The summed E-state index contributed by atoms with van der Waals surface area (Å²) in [4.78, 5) is 28.3. The van der Waals surface area contributed by atoms with E-state index in [0.717, 1.165) is 40.7 Å². The normalized spacial score (nSPS) is 11.9. The number of aromatic amines is 1. The average Bonchev–Trinajstić information content (AvgIpc) is 3.32. The highest BCUT2D eigenvalue weighted by Crippen LogP contribution is 2.28. The molecular formula is C30H33N3O3S. The maximum atomic E-state index is 13.2. The molecule has 0 fully saturated rings. The second kappa shape index (κ2) is 12.6. The maximum Gasteiger partial charge on any atom is 0.326 e. The average molecular weight is 516 g/mol. The van der Waals surface area contributed by atoms with Crippen molar-refractivity contribution in [3.8, 4) is 11.1 Å². The van der Waals surface area contributed by atoms with Crippen LogP contribution < -0.4 is 10.6 Å². The first-order chi connectivity index (χ1) is 18.0. The molecule has 192 valence electrons. The highest BCUT2D eigenvalue weighted by Gasteiger charge is 2.22. The number of para-hydroxylation sites is 1. The van der Waals surface area contributed by atoms with Crippen molar-refractivity contribution in [2.24, 2.45) is 0 Å². The topological polar surface area (TPSA) is 94.2 Å². The monoisotopic (exact) mass is 515 g/mol. The largest absolute Gasteiger partial charge is 0.480 e. The van der Waals surface area contributed by atoms with E-state index in [1.54, 1.807) is 17.8 Å². The number of fused-ring (bicyclic) bond motifs is 1. The molecule has 1 amide bonds. The number of carbonyl (C=O) groups excluding carboxylic acids is 1. The number of aryl methyl sites for hydroxylation is 1. The summed E-state index contributed by atoms with van der Waals surface area (Å²) in [5.74, 6) is -0.730. The minimum atomic E-state index is -1.02. The number of nitrogens with one attached hydrogen (secondary N) is 3. The predicted molar refractivity (Wildman–Crippen MR) is 152 cm³/mol. The number of amides is 1. The van der Waals surface area contributed by atoms with Crippen molar-refractivity contribution in [1.82, 2.24) is 15.6 Å². The van der Waals surface area contributed by atoms with Crippen LogP contribution in [0.25, 0.3) is 22.0 Å². The number of carbonyl (C=O) groups is 2. The highest BCUT2D eigenvalue weighted by molar-refractivity contribution is 7.98. The lowest BCUT2D eigenvalue weighted by molar-refractivity contribution is -0.139. The molecule has 1 aromatic heterocycles. The molecular weight excluding hydrogens is 482 g/mol. The third-order valence-corrected chi connectivity index (χ3v) is 7.20. The molecule has 0 radical (unpaired) electrons. The number of aliphatic carboxylic acids is 1. The van der Waals surface area contributed by atoms with E-state index < -0.39 is 12.0 Å². The first kappa shape index (κ1) is 26.5. The van der Waals surface area contributed by atoms with Gasteiger partial charge in [-0.25, -0.2) is 4.79 Å². The summed E-state index contributed by atoms with van der Waals surface area (Å²) in [6, 6.07) is 21.1. The van der Waals surface area contributed by atoms with Crippen LogP contribution in [0.1, 0.15) is 33.5 Å². The molecule has 1 heterocycles. The fourth-order valence-electron chi connectivity index (χ4n) is 4.52. The summed E-state index contributed by atoms with van der Waals surface area (Å²) in [7, 11) is 0. The van der Waals surface area contributed by atoms with Crippen LogP contribution in [-0.2, 0) is 17.8 Å². The lowest BCUT2D eigenvalue weighted by Gasteiger charge is -2.18. The molecule has 0 aliphatic carbocycles. The van der Waals surface area contributed by atoms with Gasteiger partial charge in [-0.3, -0.25) is 4.79 Å². The molecule has 6 nitrogen and oxygen atoms in total. The van der Waals surface area contributed by atoms with Crippen LogP contribution in [0.4, 0.5) is 0 Å². The Morgan fingerprint density at radius 1 is 1.03 bits per heavy atom. The van der Waals surface area contributed by atoms with Crippen molar-refractivity contribution in [3.63, 3.8) is 0 Å². The minimum Gasteiger partial charge on any atom is -0.480 e. The van der Waals surface area contributed by atoms with Gasteiger partial charge in [-0.2, -0.15) is 11.8 Å². The van der Waals surface area contributed by atoms with Crippen molar-refractivity contribution in [2.75, 3.05) is 18.6 Å². The second-order valence-corrected chi connectivity index (χ2v) is 10.1. The van der Waals surface area contributed by atoms with Gasteiger partial charge in [0.1, 0.15) is 6.04 Å². The van der Waals surface area contributed by atoms with E-state index in [1.165, 1.54) is 10.9 Å². The molecule has 0 spiro atoms. The number of thioether (sulfide) groups is 1. The predicted octanol–water partition coefficient (Wildman–Crippen LogP) is 5.41. The Bertz CT molecular complexity index is 1380. The maximum absolute atomic E-state index is 13.2. The molecule has 37 heavy (non-hydrogen) atoms. The van der Waals surface area contributed by atoms with Crippen LogP contribution in [0.2, 0.25) is 0 Å². The Kier molecular flexibility index (Phi) is 9.04. The van der Waals surface area contributed by atoms with Gasteiger partial charge in [0.05, 0.1) is 0 Å². The minimum absolute atomic E-state index is 0.370. The molecule has 3 aromatic carbocycles. The van der Waals surface area contributed by atoms with Gasteiger partial charge in [0.25, 0.3) is 5.91 Å². The number of carboxylic acids is 1.